The zero-order valence-corrected chi connectivity index (χ0v) is 12.5. The zero-order chi connectivity index (χ0) is 15.4. The van der Waals surface area contributed by atoms with Crippen molar-refractivity contribution in [3.63, 3.8) is 0 Å². The molecule has 1 aliphatic carbocycles. The van der Waals surface area contributed by atoms with Crippen LogP contribution >= 0.6 is 0 Å². The van der Waals surface area contributed by atoms with E-state index in [1.165, 1.54) is 25.0 Å². The third-order valence-electron chi connectivity index (χ3n) is 3.58. The predicted molar refractivity (Wildman–Crippen MR) is 81.6 cm³/mol. The van der Waals surface area contributed by atoms with E-state index in [2.05, 4.69) is 5.32 Å². The predicted octanol–water partition coefficient (Wildman–Crippen LogP) is 2.90. The van der Waals surface area contributed by atoms with Crippen LogP contribution in [0.3, 0.4) is 0 Å². The molecule has 21 heavy (non-hydrogen) atoms. The van der Waals surface area contributed by atoms with Gasteiger partial charge >= 0.3 is 0 Å². The molecular formula is C15H21N3O3. The van der Waals surface area contributed by atoms with E-state index < -0.39 is 4.92 Å². The van der Waals surface area contributed by atoms with Crippen LogP contribution in [0.25, 0.3) is 0 Å². The largest absolute Gasteiger partial charge is 0.379 e. The second-order valence-electron chi connectivity index (χ2n) is 5.54. The number of hydrogen-bond donors (Lipinski definition) is 1. The van der Waals surface area contributed by atoms with Crippen LogP contribution in [0.5, 0.6) is 0 Å². The Morgan fingerprint density at radius 1 is 1.48 bits per heavy atom. The van der Waals surface area contributed by atoms with Crippen LogP contribution in [0, 0.1) is 16.0 Å². The van der Waals surface area contributed by atoms with Crippen LogP contribution in [0.1, 0.15) is 36.5 Å². The molecule has 0 saturated heterocycles. The number of rotatable bonds is 7. The van der Waals surface area contributed by atoms with Gasteiger partial charge in [-0.25, -0.2) is 0 Å². The van der Waals surface area contributed by atoms with Crippen molar-refractivity contribution in [3.8, 4) is 0 Å². The summed E-state index contributed by atoms with van der Waals surface area (Å²) in [5.74, 6) is 0.533. The topological polar surface area (TPSA) is 75.5 Å². The summed E-state index contributed by atoms with van der Waals surface area (Å²) in [4.78, 5) is 24.6. The maximum Gasteiger partial charge on any atom is 0.292 e. The SMILES string of the molecule is CCCNc1cc(C(=O)N(C)CC2CC2)ccc1[N+](=O)[O-]. The molecule has 1 saturated carbocycles. The van der Waals surface area contributed by atoms with E-state index in [4.69, 9.17) is 0 Å². The van der Waals surface area contributed by atoms with Gasteiger partial charge in [0.2, 0.25) is 0 Å². The molecule has 0 aromatic heterocycles. The van der Waals surface area contributed by atoms with E-state index in [9.17, 15) is 14.9 Å². The lowest BCUT2D eigenvalue weighted by molar-refractivity contribution is -0.384. The molecule has 0 aliphatic heterocycles. The van der Waals surface area contributed by atoms with Crippen molar-refractivity contribution in [1.82, 2.24) is 4.90 Å². The van der Waals surface area contributed by atoms with Gasteiger partial charge in [0, 0.05) is 31.8 Å². The second-order valence-corrected chi connectivity index (χ2v) is 5.54. The molecule has 2 rings (SSSR count). The van der Waals surface area contributed by atoms with Crippen molar-refractivity contribution in [2.45, 2.75) is 26.2 Å². The molecule has 1 aromatic carbocycles. The van der Waals surface area contributed by atoms with E-state index in [1.54, 1.807) is 18.0 Å². The van der Waals surface area contributed by atoms with Gasteiger partial charge in [0.05, 0.1) is 4.92 Å². The number of amides is 1. The number of nitro benzene ring substituents is 1. The van der Waals surface area contributed by atoms with Crippen LogP contribution in [-0.2, 0) is 0 Å². The minimum atomic E-state index is -0.430. The maximum atomic E-state index is 12.3. The number of nitro groups is 1. The fourth-order valence-corrected chi connectivity index (χ4v) is 2.22. The van der Waals surface area contributed by atoms with E-state index in [0.29, 0.717) is 23.7 Å². The monoisotopic (exact) mass is 291 g/mol. The summed E-state index contributed by atoms with van der Waals surface area (Å²) in [6, 6.07) is 4.51. The molecule has 0 unspecified atom stereocenters. The van der Waals surface area contributed by atoms with Gasteiger partial charge < -0.3 is 10.2 Å². The van der Waals surface area contributed by atoms with Crippen molar-refractivity contribution in [2.75, 3.05) is 25.5 Å². The minimum absolute atomic E-state index is 0.00449. The lowest BCUT2D eigenvalue weighted by Crippen LogP contribution is -2.28. The summed E-state index contributed by atoms with van der Waals surface area (Å²) in [5.41, 5.74) is 0.903. The average Bonchev–Trinajstić information content (AvgIpc) is 3.27. The summed E-state index contributed by atoms with van der Waals surface area (Å²) >= 11 is 0. The van der Waals surface area contributed by atoms with Crippen LogP contribution in [0.4, 0.5) is 11.4 Å². The Kier molecular flexibility index (Phi) is 4.77. The molecule has 1 N–H and O–H groups in total. The smallest absolute Gasteiger partial charge is 0.292 e. The van der Waals surface area contributed by atoms with E-state index >= 15 is 0 Å². The maximum absolute atomic E-state index is 12.3. The molecule has 0 radical (unpaired) electrons. The van der Waals surface area contributed by atoms with Crippen molar-refractivity contribution in [1.29, 1.82) is 0 Å². The van der Waals surface area contributed by atoms with Crippen LogP contribution in [0.15, 0.2) is 18.2 Å². The van der Waals surface area contributed by atoms with Crippen molar-refractivity contribution in [2.24, 2.45) is 5.92 Å². The number of benzene rings is 1. The van der Waals surface area contributed by atoms with Gasteiger partial charge in [-0.15, -0.1) is 0 Å². The highest BCUT2D eigenvalue weighted by atomic mass is 16.6. The van der Waals surface area contributed by atoms with Gasteiger partial charge in [-0.1, -0.05) is 6.92 Å². The number of carbonyl (C=O) groups excluding carboxylic acids is 1. The molecule has 6 heteroatoms. The van der Waals surface area contributed by atoms with Crippen LogP contribution in [-0.4, -0.2) is 35.9 Å². The summed E-state index contributed by atoms with van der Waals surface area (Å²) in [7, 11) is 1.78. The zero-order valence-electron chi connectivity index (χ0n) is 12.5. The van der Waals surface area contributed by atoms with Gasteiger partial charge in [0.1, 0.15) is 5.69 Å². The Hall–Kier alpha value is -2.11. The molecule has 1 aromatic rings. The third-order valence-corrected chi connectivity index (χ3v) is 3.58. The normalized spacial score (nSPS) is 13.8. The number of carbonyl (C=O) groups is 1. The summed E-state index contributed by atoms with van der Waals surface area (Å²) < 4.78 is 0. The Morgan fingerprint density at radius 2 is 2.19 bits per heavy atom. The first-order valence-corrected chi connectivity index (χ1v) is 7.30. The van der Waals surface area contributed by atoms with Crippen molar-refractivity contribution in [3.05, 3.63) is 33.9 Å². The summed E-state index contributed by atoms with van der Waals surface area (Å²) in [6.45, 7) is 3.38. The Bertz CT molecular complexity index is 541. The first kappa shape index (κ1) is 15.3. The molecule has 1 amide bonds. The van der Waals surface area contributed by atoms with Gasteiger partial charge in [0.15, 0.2) is 0 Å². The summed E-state index contributed by atoms with van der Waals surface area (Å²) in [6.07, 6.45) is 3.22. The summed E-state index contributed by atoms with van der Waals surface area (Å²) in [5, 5.41) is 14.0. The Balaban J connectivity index is 2.18. The fourth-order valence-electron chi connectivity index (χ4n) is 2.22. The molecule has 0 atom stereocenters. The highest BCUT2D eigenvalue weighted by Gasteiger charge is 2.26. The minimum Gasteiger partial charge on any atom is -0.379 e. The van der Waals surface area contributed by atoms with Crippen LogP contribution in [0.2, 0.25) is 0 Å². The van der Waals surface area contributed by atoms with Gasteiger partial charge in [0.25, 0.3) is 11.6 Å². The number of hydrogen-bond acceptors (Lipinski definition) is 4. The first-order valence-electron chi connectivity index (χ1n) is 7.30. The molecule has 1 aliphatic rings. The molecule has 6 nitrogen and oxygen atoms in total. The van der Waals surface area contributed by atoms with Crippen molar-refractivity contribution >= 4 is 17.3 Å². The number of nitrogens with zero attached hydrogens (tertiary/aromatic N) is 2. The lowest BCUT2D eigenvalue weighted by Gasteiger charge is -2.17. The first-order chi connectivity index (χ1) is 10.0. The third kappa shape index (κ3) is 3.93. The standard InChI is InChI=1S/C15H21N3O3/c1-3-8-16-13-9-12(6-7-14(13)18(20)21)15(19)17(2)10-11-4-5-11/h6-7,9,11,16H,3-5,8,10H2,1-2H3. The molecule has 0 spiro atoms. The van der Waals surface area contributed by atoms with Gasteiger partial charge in [-0.3, -0.25) is 14.9 Å². The van der Waals surface area contributed by atoms with E-state index in [1.807, 2.05) is 6.92 Å². The molecule has 114 valence electrons. The van der Waals surface area contributed by atoms with Gasteiger partial charge in [-0.2, -0.15) is 0 Å². The van der Waals surface area contributed by atoms with Gasteiger partial charge in [-0.05, 0) is 37.3 Å². The Morgan fingerprint density at radius 3 is 2.76 bits per heavy atom. The van der Waals surface area contributed by atoms with Crippen LogP contribution < -0.4 is 5.32 Å². The highest BCUT2D eigenvalue weighted by Crippen LogP contribution is 2.30. The van der Waals surface area contributed by atoms with E-state index in [-0.39, 0.29) is 11.6 Å². The Labute approximate surface area is 124 Å². The average molecular weight is 291 g/mol. The number of anilines is 1. The van der Waals surface area contributed by atoms with E-state index in [0.717, 1.165) is 13.0 Å². The second kappa shape index (κ2) is 6.56. The molecule has 0 heterocycles. The van der Waals surface area contributed by atoms with Crippen molar-refractivity contribution < 1.29 is 9.72 Å². The fraction of sp³-hybridized carbons (Fsp3) is 0.533. The highest BCUT2D eigenvalue weighted by molar-refractivity contribution is 5.95. The molecule has 0 bridgehead atoms. The quantitative estimate of drug-likeness (QED) is 0.619. The molecule has 1 fully saturated rings. The number of nitrogens with one attached hydrogen (secondary N) is 1. The lowest BCUT2D eigenvalue weighted by atomic mass is 10.1. The molecular weight excluding hydrogens is 270 g/mol.